The lowest BCUT2D eigenvalue weighted by Crippen LogP contribution is -2.36. The van der Waals surface area contributed by atoms with Crippen molar-refractivity contribution in [2.24, 2.45) is 0 Å². The third-order valence-electron chi connectivity index (χ3n) is 4.80. The predicted molar refractivity (Wildman–Crippen MR) is 113 cm³/mol. The monoisotopic (exact) mass is 414 g/mol. The lowest BCUT2D eigenvalue weighted by molar-refractivity contribution is -0.123. The number of anilines is 2. The van der Waals surface area contributed by atoms with Crippen molar-refractivity contribution in [1.82, 2.24) is 0 Å². The topological polar surface area (TPSA) is 86.3 Å². The molecule has 1 aliphatic heterocycles. The van der Waals surface area contributed by atoms with Gasteiger partial charge in [-0.05, 0) is 43.3 Å². The van der Waals surface area contributed by atoms with E-state index in [0.717, 1.165) is 18.8 Å². The maximum atomic E-state index is 12.6. The number of hydrogen-bond acceptors (Lipinski definition) is 7. The summed E-state index contributed by atoms with van der Waals surface area (Å²) in [6.07, 6.45) is -1.01. The Morgan fingerprint density at radius 1 is 1.00 bits per heavy atom. The molecule has 0 spiro atoms. The second kappa shape index (κ2) is 9.98. The molecule has 8 nitrogen and oxygen atoms in total. The van der Waals surface area contributed by atoms with E-state index in [1.165, 1.54) is 21.1 Å². The highest BCUT2D eigenvalue weighted by Gasteiger charge is 2.24. The Labute approximate surface area is 175 Å². The molecule has 1 amide bonds. The van der Waals surface area contributed by atoms with E-state index in [9.17, 15) is 9.59 Å². The zero-order valence-corrected chi connectivity index (χ0v) is 17.3. The van der Waals surface area contributed by atoms with E-state index in [4.69, 9.17) is 18.9 Å². The Hall–Kier alpha value is -3.26. The molecule has 1 saturated heterocycles. The quantitative estimate of drug-likeness (QED) is 0.697. The summed E-state index contributed by atoms with van der Waals surface area (Å²) in [5.74, 6) is -0.512. The summed E-state index contributed by atoms with van der Waals surface area (Å²) in [5, 5.41) is 2.76. The summed E-state index contributed by atoms with van der Waals surface area (Å²) >= 11 is 0. The molecule has 2 aromatic carbocycles. The molecule has 0 saturated carbocycles. The van der Waals surface area contributed by atoms with Gasteiger partial charge in [-0.25, -0.2) is 4.79 Å². The Morgan fingerprint density at radius 2 is 1.60 bits per heavy atom. The summed E-state index contributed by atoms with van der Waals surface area (Å²) in [7, 11) is 2.89. The van der Waals surface area contributed by atoms with Crippen LogP contribution in [0.3, 0.4) is 0 Å². The van der Waals surface area contributed by atoms with Gasteiger partial charge in [-0.2, -0.15) is 0 Å². The average Bonchev–Trinajstić information content (AvgIpc) is 2.79. The third kappa shape index (κ3) is 5.01. The van der Waals surface area contributed by atoms with Crippen LogP contribution < -0.4 is 19.7 Å². The molecule has 1 aliphatic rings. The van der Waals surface area contributed by atoms with Crippen LogP contribution in [0.1, 0.15) is 17.3 Å². The van der Waals surface area contributed by atoms with Crippen molar-refractivity contribution in [1.29, 1.82) is 0 Å². The molecular weight excluding hydrogens is 388 g/mol. The summed E-state index contributed by atoms with van der Waals surface area (Å²) in [5.41, 5.74) is 1.82. The summed E-state index contributed by atoms with van der Waals surface area (Å²) in [6, 6.07) is 12.5. The number of amides is 1. The minimum absolute atomic E-state index is 0.136. The molecule has 1 heterocycles. The molecule has 160 valence electrons. The highest BCUT2D eigenvalue weighted by atomic mass is 16.6. The van der Waals surface area contributed by atoms with Gasteiger partial charge in [-0.3, -0.25) is 4.79 Å². The summed E-state index contributed by atoms with van der Waals surface area (Å²) < 4.78 is 21.1. The van der Waals surface area contributed by atoms with Gasteiger partial charge in [0.15, 0.2) is 6.10 Å². The molecular formula is C22H26N2O6. The molecule has 1 fully saturated rings. The van der Waals surface area contributed by atoms with E-state index in [0.29, 0.717) is 30.4 Å². The van der Waals surface area contributed by atoms with Gasteiger partial charge in [-0.15, -0.1) is 0 Å². The Kier molecular flexibility index (Phi) is 7.13. The van der Waals surface area contributed by atoms with Crippen molar-refractivity contribution in [3.8, 4) is 11.5 Å². The number of methoxy groups -OCH3 is 2. The van der Waals surface area contributed by atoms with Crippen molar-refractivity contribution in [2.75, 3.05) is 50.7 Å². The van der Waals surface area contributed by atoms with Crippen LogP contribution in [0.15, 0.2) is 42.5 Å². The van der Waals surface area contributed by atoms with Gasteiger partial charge < -0.3 is 29.2 Å². The maximum absolute atomic E-state index is 12.6. The Balaban J connectivity index is 1.61. The highest BCUT2D eigenvalue weighted by molar-refractivity contribution is 5.99. The number of nitrogens with one attached hydrogen (secondary N) is 1. The number of carbonyl (C=O) groups excluding carboxylic acids is 2. The molecule has 8 heteroatoms. The Morgan fingerprint density at radius 3 is 2.17 bits per heavy atom. The number of esters is 1. The first-order chi connectivity index (χ1) is 14.5. The van der Waals surface area contributed by atoms with E-state index in [1.807, 2.05) is 24.3 Å². The second-order valence-corrected chi connectivity index (χ2v) is 6.72. The highest BCUT2D eigenvalue weighted by Crippen LogP contribution is 2.29. The number of morpholine rings is 1. The van der Waals surface area contributed by atoms with Crippen LogP contribution >= 0.6 is 0 Å². The van der Waals surface area contributed by atoms with Gasteiger partial charge >= 0.3 is 5.97 Å². The molecule has 0 radical (unpaired) electrons. The van der Waals surface area contributed by atoms with Gasteiger partial charge in [0.2, 0.25) is 0 Å². The van der Waals surface area contributed by atoms with Crippen molar-refractivity contribution in [3.05, 3.63) is 48.0 Å². The van der Waals surface area contributed by atoms with Crippen molar-refractivity contribution < 1.29 is 28.5 Å². The van der Waals surface area contributed by atoms with E-state index in [-0.39, 0.29) is 5.56 Å². The molecule has 1 atom stereocenters. The van der Waals surface area contributed by atoms with Gasteiger partial charge in [0, 0.05) is 24.5 Å². The number of benzene rings is 2. The van der Waals surface area contributed by atoms with Crippen molar-refractivity contribution in [3.63, 3.8) is 0 Å². The first-order valence-corrected chi connectivity index (χ1v) is 9.69. The van der Waals surface area contributed by atoms with Gasteiger partial charge in [0.1, 0.15) is 17.1 Å². The minimum atomic E-state index is -1.01. The smallest absolute Gasteiger partial charge is 0.346 e. The molecule has 3 rings (SSSR count). The van der Waals surface area contributed by atoms with E-state index >= 15 is 0 Å². The first kappa shape index (κ1) is 21.4. The number of ether oxygens (including phenoxy) is 4. The van der Waals surface area contributed by atoms with Gasteiger partial charge in [0.25, 0.3) is 5.91 Å². The summed E-state index contributed by atoms with van der Waals surface area (Å²) in [6.45, 7) is 4.60. The standard InChI is InChI=1S/C22H26N2O6/c1-15(30-22(26)20-18(27-2)5-4-6-19(20)28-3)21(25)23-16-7-9-17(10-8-16)24-11-13-29-14-12-24/h4-10,15H,11-14H2,1-3H3,(H,23,25)/t15-/m1/s1. The van der Waals surface area contributed by atoms with Crippen LogP contribution in [-0.4, -0.2) is 58.5 Å². The lowest BCUT2D eigenvalue weighted by Gasteiger charge is -2.28. The van der Waals surface area contributed by atoms with Gasteiger partial charge in [-0.1, -0.05) is 6.07 Å². The van der Waals surface area contributed by atoms with Crippen LogP contribution in [0.4, 0.5) is 11.4 Å². The number of hydrogen-bond donors (Lipinski definition) is 1. The van der Waals surface area contributed by atoms with E-state index < -0.39 is 18.0 Å². The normalized spacial score (nSPS) is 14.6. The summed E-state index contributed by atoms with van der Waals surface area (Å²) in [4.78, 5) is 27.3. The fraction of sp³-hybridized carbons (Fsp3) is 0.364. The third-order valence-corrected chi connectivity index (χ3v) is 4.80. The number of nitrogens with zero attached hydrogens (tertiary/aromatic N) is 1. The lowest BCUT2D eigenvalue weighted by atomic mass is 10.1. The van der Waals surface area contributed by atoms with Crippen LogP contribution in [0, 0.1) is 0 Å². The van der Waals surface area contributed by atoms with Crippen molar-refractivity contribution >= 4 is 23.3 Å². The fourth-order valence-corrected chi connectivity index (χ4v) is 3.15. The van der Waals surface area contributed by atoms with Crippen LogP contribution in [0.5, 0.6) is 11.5 Å². The van der Waals surface area contributed by atoms with E-state index in [2.05, 4.69) is 10.2 Å². The zero-order chi connectivity index (χ0) is 21.5. The minimum Gasteiger partial charge on any atom is -0.496 e. The molecule has 0 unspecified atom stereocenters. The SMILES string of the molecule is COc1cccc(OC)c1C(=O)O[C@H](C)C(=O)Nc1ccc(N2CCOCC2)cc1. The van der Waals surface area contributed by atoms with Crippen LogP contribution in [0.25, 0.3) is 0 Å². The van der Waals surface area contributed by atoms with E-state index in [1.54, 1.807) is 18.2 Å². The number of rotatable bonds is 7. The second-order valence-electron chi connectivity index (χ2n) is 6.72. The van der Waals surface area contributed by atoms with Gasteiger partial charge in [0.05, 0.1) is 27.4 Å². The van der Waals surface area contributed by atoms with Crippen LogP contribution in [0.2, 0.25) is 0 Å². The molecule has 0 bridgehead atoms. The maximum Gasteiger partial charge on any atom is 0.346 e. The molecule has 1 N–H and O–H groups in total. The largest absolute Gasteiger partial charge is 0.496 e. The fourth-order valence-electron chi connectivity index (χ4n) is 3.15. The number of carbonyl (C=O) groups is 2. The molecule has 0 aliphatic carbocycles. The molecule has 0 aromatic heterocycles. The molecule has 30 heavy (non-hydrogen) atoms. The van der Waals surface area contributed by atoms with Crippen LogP contribution in [-0.2, 0) is 14.3 Å². The predicted octanol–water partition coefficient (Wildman–Crippen LogP) is 2.72. The Bertz CT molecular complexity index is 855. The van der Waals surface area contributed by atoms with Crippen molar-refractivity contribution in [2.45, 2.75) is 13.0 Å². The zero-order valence-electron chi connectivity index (χ0n) is 17.3. The average molecular weight is 414 g/mol. The molecule has 2 aromatic rings. The first-order valence-electron chi connectivity index (χ1n) is 9.69.